The van der Waals surface area contributed by atoms with E-state index in [9.17, 15) is 4.79 Å². The van der Waals surface area contributed by atoms with Crippen LogP contribution in [0.4, 0.5) is 0 Å². The first kappa shape index (κ1) is 11.1. The first-order chi connectivity index (χ1) is 7.76. The largest absolute Gasteiger partial charge is 0.353 e. The summed E-state index contributed by atoms with van der Waals surface area (Å²) < 4.78 is 0. The van der Waals surface area contributed by atoms with Gasteiger partial charge >= 0.3 is 0 Å². The summed E-state index contributed by atoms with van der Waals surface area (Å²) in [5, 5.41) is 4.08. The third-order valence-corrected chi connectivity index (χ3v) is 5.27. The lowest BCUT2D eigenvalue weighted by Crippen LogP contribution is -2.55. The zero-order valence-corrected chi connectivity index (χ0v) is 11.2. The van der Waals surface area contributed by atoms with Crippen molar-refractivity contribution < 1.29 is 4.79 Å². The number of alkyl halides is 1. The molecule has 4 bridgehead atoms. The Hall–Kier alpha value is -0.0500. The monoisotopic (exact) mass is 285 g/mol. The van der Waals surface area contributed by atoms with Gasteiger partial charge in [0.05, 0.1) is 0 Å². The molecule has 0 saturated heterocycles. The number of halogens is 1. The van der Waals surface area contributed by atoms with E-state index in [1.807, 2.05) is 0 Å². The quantitative estimate of drug-likeness (QED) is 0.794. The van der Waals surface area contributed by atoms with Crippen LogP contribution in [-0.2, 0) is 4.79 Å². The zero-order valence-electron chi connectivity index (χ0n) is 9.62. The summed E-state index contributed by atoms with van der Waals surface area (Å²) in [7, 11) is 0. The molecule has 90 valence electrons. The van der Waals surface area contributed by atoms with E-state index in [1.165, 1.54) is 32.1 Å². The van der Waals surface area contributed by atoms with Crippen LogP contribution < -0.4 is 5.32 Å². The molecule has 1 amide bonds. The van der Waals surface area contributed by atoms with Crippen molar-refractivity contribution in [2.45, 2.75) is 44.6 Å². The predicted molar refractivity (Wildman–Crippen MR) is 67.4 cm³/mol. The van der Waals surface area contributed by atoms with Gasteiger partial charge in [-0.3, -0.25) is 4.79 Å². The minimum absolute atomic E-state index is 0.245. The highest BCUT2D eigenvalue weighted by Gasteiger charge is 2.48. The van der Waals surface area contributed by atoms with Crippen molar-refractivity contribution >= 4 is 21.8 Å². The molecule has 0 aromatic carbocycles. The Kier molecular flexibility index (Phi) is 2.99. The fraction of sp³-hybridized carbons (Fsp3) is 0.923. The van der Waals surface area contributed by atoms with Crippen LogP contribution >= 0.6 is 15.9 Å². The lowest BCUT2D eigenvalue weighted by molar-refractivity contribution is -0.124. The molecule has 0 aromatic rings. The molecule has 0 atom stereocenters. The summed E-state index contributed by atoms with van der Waals surface area (Å²) in [6, 6.07) is 0.513. The average molecular weight is 286 g/mol. The fourth-order valence-corrected chi connectivity index (χ4v) is 4.86. The molecule has 0 aliphatic heterocycles. The van der Waals surface area contributed by atoms with Crippen LogP contribution in [0, 0.1) is 23.7 Å². The molecule has 0 unspecified atom stereocenters. The molecule has 4 fully saturated rings. The molecule has 3 heteroatoms. The summed E-state index contributed by atoms with van der Waals surface area (Å²) in [4.78, 5) is 11.7. The lowest BCUT2D eigenvalue weighted by atomic mass is 9.54. The summed E-state index contributed by atoms with van der Waals surface area (Å²) in [5.74, 6) is 3.83. The molecule has 16 heavy (non-hydrogen) atoms. The molecule has 0 radical (unpaired) electrons. The van der Waals surface area contributed by atoms with Gasteiger partial charge in [-0.05, 0) is 55.8 Å². The topological polar surface area (TPSA) is 29.1 Å². The number of rotatable bonds is 3. The van der Waals surface area contributed by atoms with Gasteiger partial charge in [-0.2, -0.15) is 0 Å². The van der Waals surface area contributed by atoms with E-state index >= 15 is 0 Å². The molecular formula is C13H20BrNO. The lowest BCUT2D eigenvalue weighted by Gasteiger charge is -2.54. The van der Waals surface area contributed by atoms with E-state index < -0.39 is 0 Å². The molecule has 4 rings (SSSR count). The zero-order chi connectivity index (χ0) is 11.1. The van der Waals surface area contributed by atoms with Crippen molar-refractivity contribution in [2.24, 2.45) is 23.7 Å². The molecule has 0 spiro atoms. The van der Waals surface area contributed by atoms with Gasteiger partial charge in [0.25, 0.3) is 0 Å². The van der Waals surface area contributed by atoms with E-state index in [-0.39, 0.29) is 5.91 Å². The number of carbonyl (C=O) groups excluding carboxylic acids is 1. The van der Waals surface area contributed by atoms with Gasteiger partial charge in [0.1, 0.15) is 0 Å². The maximum absolute atomic E-state index is 11.7. The average Bonchev–Trinajstić information content (AvgIpc) is 2.23. The molecular weight excluding hydrogens is 266 g/mol. The van der Waals surface area contributed by atoms with Crippen molar-refractivity contribution in [1.29, 1.82) is 0 Å². The molecule has 0 heterocycles. The second-order valence-electron chi connectivity index (χ2n) is 5.96. The summed E-state index contributed by atoms with van der Waals surface area (Å²) in [6.07, 6.45) is 7.63. The summed E-state index contributed by atoms with van der Waals surface area (Å²) in [5.41, 5.74) is 0. The van der Waals surface area contributed by atoms with Crippen LogP contribution in [0.25, 0.3) is 0 Å². The van der Waals surface area contributed by atoms with Crippen molar-refractivity contribution in [2.75, 3.05) is 5.33 Å². The first-order valence-electron chi connectivity index (χ1n) is 6.61. The van der Waals surface area contributed by atoms with Gasteiger partial charge in [0.2, 0.25) is 5.91 Å². The summed E-state index contributed by atoms with van der Waals surface area (Å²) >= 11 is 3.33. The molecule has 0 aromatic heterocycles. The Morgan fingerprint density at radius 3 is 2.12 bits per heavy atom. The van der Waals surface area contributed by atoms with E-state index in [1.54, 1.807) is 0 Å². The Bertz CT molecular complexity index is 264. The second-order valence-corrected chi connectivity index (χ2v) is 6.76. The van der Waals surface area contributed by atoms with E-state index in [2.05, 4.69) is 21.2 Å². The molecule has 1 N–H and O–H groups in total. The third-order valence-electron chi connectivity index (χ3n) is 4.88. The highest BCUT2D eigenvalue weighted by molar-refractivity contribution is 9.09. The Morgan fingerprint density at radius 1 is 1.06 bits per heavy atom. The van der Waals surface area contributed by atoms with Crippen LogP contribution in [0.5, 0.6) is 0 Å². The number of amides is 1. The van der Waals surface area contributed by atoms with Crippen LogP contribution in [0.2, 0.25) is 0 Å². The van der Waals surface area contributed by atoms with Crippen molar-refractivity contribution in [3.05, 3.63) is 0 Å². The Morgan fingerprint density at radius 2 is 1.62 bits per heavy atom. The molecule has 2 nitrogen and oxygen atoms in total. The smallest absolute Gasteiger partial charge is 0.221 e. The van der Waals surface area contributed by atoms with E-state index in [4.69, 9.17) is 0 Å². The van der Waals surface area contributed by atoms with Gasteiger partial charge < -0.3 is 5.32 Å². The van der Waals surface area contributed by atoms with Crippen LogP contribution in [0.3, 0.4) is 0 Å². The highest BCUT2D eigenvalue weighted by Crippen LogP contribution is 2.53. The maximum atomic E-state index is 11.7. The molecule has 4 aliphatic rings. The van der Waals surface area contributed by atoms with E-state index in [0.717, 1.165) is 29.0 Å². The van der Waals surface area contributed by atoms with Crippen LogP contribution in [0.1, 0.15) is 38.5 Å². The number of nitrogens with one attached hydrogen (secondary N) is 1. The van der Waals surface area contributed by atoms with Gasteiger partial charge in [0, 0.05) is 17.8 Å². The minimum Gasteiger partial charge on any atom is -0.353 e. The Balaban J connectivity index is 1.65. The molecule has 4 saturated carbocycles. The van der Waals surface area contributed by atoms with Crippen molar-refractivity contribution in [1.82, 2.24) is 5.32 Å². The van der Waals surface area contributed by atoms with Crippen LogP contribution in [0.15, 0.2) is 0 Å². The van der Waals surface area contributed by atoms with Gasteiger partial charge in [-0.15, -0.1) is 0 Å². The third kappa shape index (κ3) is 1.92. The Labute approximate surface area is 106 Å². The van der Waals surface area contributed by atoms with Crippen molar-refractivity contribution in [3.63, 3.8) is 0 Å². The number of hydrogen-bond donors (Lipinski definition) is 1. The maximum Gasteiger partial charge on any atom is 0.221 e. The second kappa shape index (κ2) is 4.32. The van der Waals surface area contributed by atoms with Crippen molar-refractivity contribution in [3.8, 4) is 0 Å². The van der Waals surface area contributed by atoms with Crippen LogP contribution in [-0.4, -0.2) is 17.3 Å². The highest BCUT2D eigenvalue weighted by atomic mass is 79.9. The van der Waals surface area contributed by atoms with Gasteiger partial charge in [0.15, 0.2) is 0 Å². The standard InChI is InChI=1S/C13H20BrNO/c14-2-1-12(16)15-13-10-4-8-3-9(6-10)7-11(13)5-8/h8-11,13H,1-7H2,(H,15,16). The molecule has 4 aliphatic carbocycles. The summed E-state index contributed by atoms with van der Waals surface area (Å²) in [6.45, 7) is 0. The number of hydrogen-bond acceptors (Lipinski definition) is 1. The SMILES string of the molecule is O=C(CCBr)NC1C2CC3CC(C2)CC1C3. The van der Waals surface area contributed by atoms with E-state index in [0.29, 0.717) is 12.5 Å². The van der Waals surface area contributed by atoms with Gasteiger partial charge in [-0.25, -0.2) is 0 Å². The first-order valence-corrected chi connectivity index (χ1v) is 7.73. The minimum atomic E-state index is 0.245. The number of carbonyl (C=O) groups is 1. The normalized spacial score (nSPS) is 44.7. The predicted octanol–water partition coefficient (Wildman–Crippen LogP) is 2.71. The fourth-order valence-electron chi connectivity index (χ4n) is 4.50. The van der Waals surface area contributed by atoms with Gasteiger partial charge in [-0.1, -0.05) is 15.9 Å².